The Balaban J connectivity index is 2.17. The van der Waals surface area contributed by atoms with E-state index in [4.69, 9.17) is 4.74 Å². The highest BCUT2D eigenvalue weighted by Gasteiger charge is 2.14. The zero-order valence-electron chi connectivity index (χ0n) is 12.8. The lowest BCUT2D eigenvalue weighted by molar-refractivity contribution is 0.310. The van der Waals surface area contributed by atoms with Crippen LogP contribution in [0.4, 0.5) is 0 Å². The Labute approximate surface area is 121 Å². The Kier molecular flexibility index (Phi) is 4.85. The van der Waals surface area contributed by atoms with Gasteiger partial charge in [-0.15, -0.1) is 0 Å². The predicted octanol–water partition coefficient (Wildman–Crippen LogP) is 3.21. The molecule has 0 aliphatic carbocycles. The van der Waals surface area contributed by atoms with Crippen molar-refractivity contribution in [2.24, 2.45) is 0 Å². The Morgan fingerprint density at radius 1 is 1.30 bits per heavy atom. The van der Waals surface area contributed by atoms with Crippen LogP contribution < -0.4 is 10.1 Å². The number of hydrogen-bond donors (Lipinski definition) is 1. The van der Waals surface area contributed by atoms with Crippen molar-refractivity contribution >= 4 is 0 Å². The predicted molar refractivity (Wildman–Crippen MR) is 83.6 cm³/mol. The number of allylic oxidation sites excluding steroid dienone is 1. The molecule has 0 amide bonds. The molecule has 1 aliphatic heterocycles. The van der Waals surface area contributed by atoms with Gasteiger partial charge < -0.3 is 9.64 Å². The van der Waals surface area contributed by atoms with Crippen LogP contribution in [-0.4, -0.2) is 24.7 Å². The number of hydrogen-bond acceptors (Lipinski definition) is 3. The first kappa shape index (κ1) is 14.7. The summed E-state index contributed by atoms with van der Waals surface area (Å²) in [6, 6.07) is 6.34. The number of rotatable bonds is 5. The Morgan fingerprint density at radius 2 is 2.10 bits per heavy atom. The Bertz CT molecular complexity index is 520. The average molecular weight is 272 g/mol. The fourth-order valence-electron chi connectivity index (χ4n) is 2.30. The number of nitrogens with zero attached hydrogens (tertiary/aromatic N) is 1. The molecule has 0 saturated carbocycles. The normalized spacial score (nSPS) is 18.1. The standard InChI is InChI=1S/C17H24N2O/c1-5-14-11-13(3)7-8-16(14)20-15-9-10-19(4)17(12-15)18-6-2/h7-12,17-18H,5-6H2,1-4H3. The zero-order valence-corrected chi connectivity index (χ0v) is 12.8. The van der Waals surface area contributed by atoms with Crippen LogP contribution in [0.25, 0.3) is 0 Å². The fraction of sp³-hybridized carbons (Fsp3) is 0.412. The summed E-state index contributed by atoms with van der Waals surface area (Å²) < 4.78 is 6.06. The number of aryl methyl sites for hydroxylation is 2. The lowest BCUT2D eigenvalue weighted by Crippen LogP contribution is -2.40. The second-order valence-electron chi connectivity index (χ2n) is 5.12. The SMILES string of the molecule is CCNC1C=C(Oc2ccc(C)cc2CC)C=CN1C. The summed E-state index contributed by atoms with van der Waals surface area (Å²) in [6.45, 7) is 7.30. The van der Waals surface area contributed by atoms with Gasteiger partial charge >= 0.3 is 0 Å². The molecule has 1 aromatic carbocycles. The minimum Gasteiger partial charge on any atom is -0.457 e. The van der Waals surface area contributed by atoms with Gasteiger partial charge in [0.05, 0.1) is 0 Å². The van der Waals surface area contributed by atoms with Crippen LogP contribution in [0.2, 0.25) is 0 Å². The van der Waals surface area contributed by atoms with E-state index in [1.54, 1.807) is 0 Å². The molecule has 1 aliphatic rings. The van der Waals surface area contributed by atoms with Gasteiger partial charge in [0.15, 0.2) is 0 Å². The third-order valence-corrected chi connectivity index (χ3v) is 3.47. The van der Waals surface area contributed by atoms with Gasteiger partial charge in [0.1, 0.15) is 17.7 Å². The molecule has 1 aromatic rings. The highest BCUT2D eigenvalue weighted by Crippen LogP contribution is 2.24. The van der Waals surface area contributed by atoms with E-state index in [1.807, 2.05) is 12.3 Å². The molecule has 2 rings (SSSR count). The van der Waals surface area contributed by atoms with Crippen molar-refractivity contribution in [3.63, 3.8) is 0 Å². The molecule has 0 aromatic heterocycles. The third kappa shape index (κ3) is 3.42. The monoisotopic (exact) mass is 272 g/mol. The summed E-state index contributed by atoms with van der Waals surface area (Å²) in [4.78, 5) is 2.13. The molecule has 0 fully saturated rings. The molecule has 3 nitrogen and oxygen atoms in total. The van der Waals surface area contributed by atoms with E-state index in [1.165, 1.54) is 11.1 Å². The number of likely N-dealkylation sites (N-methyl/N-ethyl adjacent to an activating group) is 2. The molecular formula is C17H24N2O. The molecule has 20 heavy (non-hydrogen) atoms. The maximum absolute atomic E-state index is 6.06. The number of nitrogens with one attached hydrogen (secondary N) is 1. The lowest BCUT2D eigenvalue weighted by Gasteiger charge is -2.28. The van der Waals surface area contributed by atoms with Gasteiger partial charge in [0.25, 0.3) is 0 Å². The van der Waals surface area contributed by atoms with Crippen molar-refractivity contribution in [1.29, 1.82) is 0 Å². The minimum absolute atomic E-state index is 0.190. The van der Waals surface area contributed by atoms with E-state index in [0.29, 0.717) is 0 Å². The quantitative estimate of drug-likeness (QED) is 0.890. The second kappa shape index (κ2) is 6.62. The van der Waals surface area contributed by atoms with Crippen LogP contribution in [0.1, 0.15) is 25.0 Å². The van der Waals surface area contributed by atoms with Gasteiger partial charge in [0.2, 0.25) is 0 Å². The number of ether oxygens (including phenoxy) is 1. The van der Waals surface area contributed by atoms with Crippen LogP contribution in [-0.2, 0) is 6.42 Å². The highest BCUT2D eigenvalue weighted by molar-refractivity contribution is 5.39. The van der Waals surface area contributed by atoms with E-state index in [0.717, 1.165) is 24.5 Å². The first-order valence-corrected chi connectivity index (χ1v) is 7.26. The van der Waals surface area contributed by atoms with Crippen LogP contribution in [0.15, 0.2) is 42.3 Å². The van der Waals surface area contributed by atoms with Crippen molar-refractivity contribution in [1.82, 2.24) is 10.2 Å². The molecule has 3 heteroatoms. The summed E-state index contributed by atoms with van der Waals surface area (Å²) in [5.41, 5.74) is 2.52. The summed E-state index contributed by atoms with van der Waals surface area (Å²) in [5.74, 6) is 1.85. The van der Waals surface area contributed by atoms with E-state index in [-0.39, 0.29) is 6.17 Å². The van der Waals surface area contributed by atoms with Crippen molar-refractivity contribution in [3.8, 4) is 5.75 Å². The van der Waals surface area contributed by atoms with Crippen LogP contribution in [0.3, 0.4) is 0 Å². The van der Waals surface area contributed by atoms with E-state index < -0.39 is 0 Å². The first-order chi connectivity index (χ1) is 9.63. The van der Waals surface area contributed by atoms with Gasteiger partial charge in [-0.25, -0.2) is 0 Å². The molecule has 0 saturated heterocycles. The topological polar surface area (TPSA) is 24.5 Å². The van der Waals surface area contributed by atoms with Crippen molar-refractivity contribution in [2.75, 3.05) is 13.6 Å². The lowest BCUT2D eigenvalue weighted by atomic mass is 10.1. The van der Waals surface area contributed by atoms with Gasteiger partial charge in [-0.05, 0) is 43.7 Å². The first-order valence-electron chi connectivity index (χ1n) is 7.26. The molecule has 1 N–H and O–H groups in total. The molecule has 1 heterocycles. The maximum Gasteiger partial charge on any atom is 0.130 e. The Morgan fingerprint density at radius 3 is 2.80 bits per heavy atom. The molecule has 0 spiro atoms. The summed E-state index contributed by atoms with van der Waals surface area (Å²) in [7, 11) is 2.06. The van der Waals surface area contributed by atoms with Crippen molar-refractivity contribution in [2.45, 2.75) is 33.4 Å². The smallest absolute Gasteiger partial charge is 0.130 e. The second-order valence-corrected chi connectivity index (χ2v) is 5.12. The van der Waals surface area contributed by atoms with Crippen molar-refractivity contribution < 1.29 is 4.74 Å². The van der Waals surface area contributed by atoms with E-state index >= 15 is 0 Å². The van der Waals surface area contributed by atoms with Crippen LogP contribution in [0.5, 0.6) is 5.75 Å². The van der Waals surface area contributed by atoms with Gasteiger partial charge in [-0.3, -0.25) is 5.32 Å². The van der Waals surface area contributed by atoms with Crippen LogP contribution in [0, 0.1) is 6.92 Å². The maximum atomic E-state index is 6.06. The summed E-state index contributed by atoms with van der Waals surface area (Å²) in [5, 5.41) is 3.41. The van der Waals surface area contributed by atoms with Gasteiger partial charge in [0, 0.05) is 13.2 Å². The van der Waals surface area contributed by atoms with E-state index in [2.05, 4.69) is 62.3 Å². The average Bonchev–Trinajstić information content (AvgIpc) is 2.44. The molecule has 1 atom stereocenters. The summed E-state index contributed by atoms with van der Waals surface area (Å²) in [6.07, 6.45) is 7.33. The molecular weight excluding hydrogens is 248 g/mol. The largest absolute Gasteiger partial charge is 0.457 e. The zero-order chi connectivity index (χ0) is 14.5. The molecule has 1 unspecified atom stereocenters. The highest BCUT2D eigenvalue weighted by atomic mass is 16.5. The molecule has 0 radical (unpaired) electrons. The fourth-order valence-corrected chi connectivity index (χ4v) is 2.30. The van der Waals surface area contributed by atoms with E-state index in [9.17, 15) is 0 Å². The van der Waals surface area contributed by atoms with Crippen LogP contribution >= 0.6 is 0 Å². The van der Waals surface area contributed by atoms with Gasteiger partial charge in [-0.1, -0.05) is 31.5 Å². The third-order valence-electron chi connectivity index (χ3n) is 3.47. The van der Waals surface area contributed by atoms with Gasteiger partial charge in [-0.2, -0.15) is 0 Å². The number of benzene rings is 1. The summed E-state index contributed by atoms with van der Waals surface area (Å²) >= 11 is 0. The molecule has 0 bridgehead atoms. The minimum atomic E-state index is 0.190. The Hall–Kier alpha value is -1.74. The van der Waals surface area contributed by atoms with Crippen molar-refractivity contribution in [3.05, 3.63) is 53.4 Å². The molecule has 108 valence electrons.